The zero-order valence-corrected chi connectivity index (χ0v) is 9.69. The van der Waals surface area contributed by atoms with E-state index in [9.17, 15) is 28.2 Å². The van der Waals surface area contributed by atoms with E-state index in [2.05, 4.69) is 0 Å². The summed E-state index contributed by atoms with van der Waals surface area (Å²) in [5.74, 6) is -0.892. The van der Waals surface area contributed by atoms with E-state index in [0.717, 1.165) is 12.1 Å². The van der Waals surface area contributed by atoms with Crippen molar-refractivity contribution in [3.05, 3.63) is 29.3 Å². The fraction of sp³-hybridized carbons (Fsp3) is 0.364. The minimum absolute atomic E-state index is 0.121. The predicted molar refractivity (Wildman–Crippen MR) is 60.6 cm³/mol. The first kappa shape index (κ1) is 15.3. The number of aliphatic hydroxyl groups excluding tert-OH is 2. The van der Waals surface area contributed by atoms with E-state index >= 15 is 0 Å². The van der Waals surface area contributed by atoms with Crippen LogP contribution in [0.1, 0.15) is 23.7 Å². The van der Waals surface area contributed by atoms with Gasteiger partial charge in [-0.15, -0.1) is 0 Å². The lowest BCUT2D eigenvalue weighted by Gasteiger charge is -2.20. The van der Waals surface area contributed by atoms with Crippen LogP contribution in [0.4, 0.5) is 18.9 Å². The van der Waals surface area contributed by atoms with Gasteiger partial charge in [-0.1, -0.05) is 0 Å². The quantitative estimate of drug-likeness (QED) is 0.603. The minimum Gasteiger partial charge on any atom is -0.398 e. The van der Waals surface area contributed by atoms with Crippen molar-refractivity contribution >= 4 is 11.6 Å². The first-order valence-corrected chi connectivity index (χ1v) is 5.24. The number of halogens is 3. The van der Waals surface area contributed by atoms with Crippen molar-refractivity contribution in [3.8, 4) is 0 Å². The molecule has 0 bridgehead atoms. The second-order valence-electron chi connectivity index (χ2n) is 4.02. The highest BCUT2D eigenvalue weighted by molar-refractivity contribution is 5.74. The number of hydrogen-bond acceptors (Lipinski definition) is 4. The van der Waals surface area contributed by atoms with Gasteiger partial charge in [-0.2, -0.15) is 13.2 Å². The highest BCUT2D eigenvalue weighted by atomic mass is 19.4. The minimum atomic E-state index is -4.60. The van der Waals surface area contributed by atoms with Gasteiger partial charge in [0, 0.05) is 11.3 Å². The summed E-state index contributed by atoms with van der Waals surface area (Å²) in [4.78, 5) is 10.6. The van der Waals surface area contributed by atoms with E-state index in [4.69, 9.17) is 11.5 Å². The van der Waals surface area contributed by atoms with Crippen LogP contribution in [0.15, 0.2) is 18.2 Å². The number of primary amides is 1. The molecular formula is C11H13F3N2O3. The SMILES string of the molecule is NC(=O)CC(O)C(O)c1cc(C(F)(F)F)ccc1N. The molecule has 5 nitrogen and oxygen atoms in total. The topological polar surface area (TPSA) is 110 Å². The lowest BCUT2D eigenvalue weighted by atomic mass is 9.98. The van der Waals surface area contributed by atoms with Crippen molar-refractivity contribution in [1.82, 2.24) is 0 Å². The molecule has 1 amide bonds. The molecule has 2 unspecified atom stereocenters. The van der Waals surface area contributed by atoms with Crippen molar-refractivity contribution in [3.63, 3.8) is 0 Å². The number of anilines is 1. The zero-order valence-electron chi connectivity index (χ0n) is 9.69. The number of hydrogen-bond donors (Lipinski definition) is 4. The second-order valence-corrected chi connectivity index (χ2v) is 4.02. The summed E-state index contributed by atoms with van der Waals surface area (Å²) in [7, 11) is 0. The van der Waals surface area contributed by atoms with Crippen molar-refractivity contribution < 1.29 is 28.2 Å². The Morgan fingerprint density at radius 2 is 1.89 bits per heavy atom. The second kappa shape index (κ2) is 5.45. The first-order chi connectivity index (χ1) is 8.62. The van der Waals surface area contributed by atoms with Gasteiger partial charge in [-0.3, -0.25) is 4.79 Å². The standard InChI is InChI=1S/C11H13F3N2O3/c12-11(13,14)5-1-2-7(15)6(3-5)10(19)8(17)4-9(16)18/h1-3,8,10,17,19H,4,15H2,(H2,16,18). The summed E-state index contributed by atoms with van der Waals surface area (Å²) in [6.45, 7) is 0. The van der Waals surface area contributed by atoms with Crippen LogP contribution < -0.4 is 11.5 Å². The first-order valence-electron chi connectivity index (χ1n) is 5.24. The molecule has 6 N–H and O–H groups in total. The van der Waals surface area contributed by atoms with Crippen LogP contribution in [0.2, 0.25) is 0 Å². The van der Waals surface area contributed by atoms with Crippen LogP contribution in [0.5, 0.6) is 0 Å². The van der Waals surface area contributed by atoms with Gasteiger partial charge >= 0.3 is 6.18 Å². The molecule has 0 aromatic heterocycles. The monoisotopic (exact) mass is 278 g/mol. The van der Waals surface area contributed by atoms with Gasteiger partial charge in [0.2, 0.25) is 5.91 Å². The van der Waals surface area contributed by atoms with E-state index in [1.54, 1.807) is 0 Å². The molecule has 19 heavy (non-hydrogen) atoms. The molecule has 0 aliphatic carbocycles. The maximum Gasteiger partial charge on any atom is 0.416 e. The van der Waals surface area contributed by atoms with Crippen LogP contribution in [-0.2, 0) is 11.0 Å². The maximum absolute atomic E-state index is 12.5. The molecule has 0 saturated carbocycles. The molecule has 8 heteroatoms. The van der Waals surface area contributed by atoms with Gasteiger partial charge in [0.15, 0.2) is 0 Å². The average Bonchev–Trinajstić information content (AvgIpc) is 2.26. The average molecular weight is 278 g/mol. The zero-order chi connectivity index (χ0) is 14.8. The summed E-state index contributed by atoms with van der Waals surface area (Å²) < 4.78 is 37.5. The summed E-state index contributed by atoms with van der Waals surface area (Å²) in [6, 6.07) is 2.36. The molecule has 0 heterocycles. The number of carbonyl (C=O) groups is 1. The molecule has 0 aliphatic rings. The van der Waals surface area contributed by atoms with Gasteiger partial charge in [-0.25, -0.2) is 0 Å². The summed E-state index contributed by atoms with van der Waals surface area (Å²) >= 11 is 0. The third-order valence-electron chi connectivity index (χ3n) is 2.51. The van der Waals surface area contributed by atoms with Crippen molar-refractivity contribution in [2.45, 2.75) is 24.8 Å². The maximum atomic E-state index is 12.5. The lowest BCUT2D eigenvalue weighted by molar-refractivity contribution is -0.137. The van der Waals surface area contributed by atoms with Crippen LogP contribution in [0, 0.1) is 0 Å². The van der Waals surface area contributed by atoms with Crippen LogP contribution in [0.25, 0.3) is 0 Å². The number of nitrogens with two attached hydrogens (primary N) is 2. The molecule has 0 saturated heterocycles. The van der Waals surface area contributed by atoms with Crippen LogP contribution in [-0.4, -0.2) is 22.2 Å². The van der Waals surface area contributed by atoms with Crippen LogP contribution in [0.3, 0.4) is 0 Å². The summed E-state index contributed by atoms with van der Waals surface area (Å²) in [6.07, 6.45) is -8.54. The van der Waals surface area contributed by atoms with Gasteiger partial charge < -0.3 is 21.7 Å². The van der Waals surface area contributed by atoms with Crippen molar-refractivity contribution in [2.75, 3.05) is 5.73 Å². The molecule has 2 atom stereocenters. The van der Waals surface area contributed by atoms with E-state index in [-0.39, 0.29) is 11.3 Å². The van der Waals surface area contributed by atoms with Gasteiger partial charge in [0.1, 0.15) is 6.10 Å². The Kier molecular flexibility index (Phi) is 4.38. The number of carbonyl (C=O) groups excluding carboxylic acids is 1. The highest BCUT2D eigenvalue weighted by Crippen LogP contribution is 2.34. The van der Waals surface area contributed by atoms with Gasteiger partial charge in [0.05, 0.1) is 18.1 Å². The third-order valence-corrected chi connectivity index (χ3v) is 2.51. The Bertz CT molecular complexity index is 477. The molecule has 1 rings (SSSR count). The molecular weight excluding hydrogens is 265 g/mol. The number of amides is 1. The molecule has 106 valence electrons. The van der Waals surface area contributed by atoms with Crippen molar-refractivity contribution in [1.29, 1.82) is 0 Å². The van der Waals surface area contributed by atoms with E-state index < -0.39 is 36.3 Å². The number of nitrogen functional groups attached to an aromatic ring is 1. The van der Waals surface area contributed by atoms with E-state index in [1.807, 2.05) is 0 Å². The van der Waals surface area contributed by atoms with Crippen molar-refractivity contribution in [2.24, 2.45) is 5.73 Å². The van der Waals surface area contributed by atoms with E-state index in [1.165, 1.54) is 0 Å². The molecule has 0 radical (unpaired) electrons. The van der Waals surface area contributed by atoms with E-state index in [0.29, 0.717) is 6.07 Å². The number of benzene rings is 1. The molecule has 1 aromatic rings. The summed E-state index contributed by atoms with van der Waals surface area (Å²) in [5, 5.41) is 19.2. The van der Waals surface area contributed by atoms with Crippen LogP contribution >= 0.6 is 0 Å². The largest absolute Gasteiger partial charge is 0.416 e. The molecule has 1 aromatic carbocycles. The fourth-order valence-corrected chi connectivity index (χ4v) is 1.53. The summed E-state index contributed by atoms with van der Waals surface area (Å²) in [5.41, 5.74) is 8.84. The smallest absolute Gasteiger partial charge is 0.398 e. The van der Waals surface area contributed by atoms with Gasteiger partial charge in [0.25, 0.3) is 0 Å². The number of alkyl halides is 3. The normalized spacial score (nSPS) is 15.0. The van der Waals surface area contributed by atoms with Gasteiger partial charge in [-0.05, 0) is 18.2 Å². The Labute approximate surface area is 106 Å². The predicted octanol–water partition coefficient (Wildman–Crippen LogP) is 0.557. The lowest BCUT2D eigenvalue weighted by Crippen LogP contribution is -2.26. The molecule has 0 spiro atoms. The Morgan fingerprint density at radius 1 is 1.32 bits per heavy atom. The Morgan fingerprint density at radius 3 is 2.37 bits per heavy atom. The fourth-order valence-electron chi connectivity index (χ4n) is 1.53. The highest BCUT2D eigenvalue weighted by Gasteiger charge is 2.32. The molecule has 0 fully saturated rings. The number of aliphatic hydroxyl groups is 2. The molecule has 0 aliphatic heterocycles. The Balaban J connectivity index is 3.08. The number of rotatable bonds is 4. The third kappa shape index (κ3) is 3.83. The Hall–Kier alpha value is -1.80.